The van der Waals surface area contributed by atoms with Gasteiger partial charge in [0.1, 0.15) is 0 Å². The lowest BCUT2D eigenvalue weighted by Gasteiger charge is -2.27. The summed E-state index contributed by atoms with van der Waals surface area (Å²) >= 11 is 4.64. The zero-order chi connectivity index (χ0) is 10.2. The standard InChI is InChI=1S/C12H25NS/c1-2-3-7-12(14)8-11-13-9-5-4-6-10-13/h12,14H,2-11H2,1H3. The van der Waals surface area contributed by atoms with Crippen LogP contribution in [0.4, 0.5) is 0 Å². The van der Waals surface area contributed by atoms with Crippen LogP contribution in [0, 0.1) is 0 Å². The summed E-state index contributed by atoms with van der Waals surface area (Å²) in [6, 6.07) is 0. The molecule has 84 valence electrons. The molecule has 1 rings (SSSR count). The van der Waals surface area contributed by atoms with Gasteiger partial charge < -0.3 is 4.90 Å². The molecule has 1 unspecified atom stereocenters. The van der Waals surface area contributed by atoms with E-state index in [4.69, 9.17) is 0 Å². The Morgan fingerprint density at radius 2 is 1.86 bits per heavy atom. The van der Waals surface area contributed by atoms with Gasteiger partial charge in [0, 0.05) is 5.25 Å². The minimum Gasteiger partial charge on any atom is -0.303 e. The number of thiol groups is 1. The monoisotopic (exact) mass is 215 g/mol. The first kappa shape index (κ1) is 12.4. The minimum absolute atomic E-state index is 0.636. The van der Waals surface area contributed by atoms with Crippen molar-refractivity contribution in [1.29, 1.82) is 0 Å². The maximum Gasteiger partial charge on any atom is 0.00289 e. The molecule has 0 aromatic heterocycles. The highest BCUT2D eigenvalue weighted by Crippen LogP contribution is 2.14. The van der Waals surface area contributed by atoms with Crippen LogP contribution < -0.4 is 0 Å². The van der Waals surface area contributed by atoms with Crippen molar-refractivity contribution in [1.82, 2.24) is 4.90 Å². The van der Waals surface area contributed by atoms with Crippen molar-refractivity contribution in [2.45, 2.75) is 57.1 Å². The molecule has 1 atom stereocenters. The van der Waals surface area contributed by atoms with Crippen molar-refractivity contribution in [2.75, 3.05) is 19.6 Å². The molecule has 0 saturated carbocycles. The Morgan fingerprint density at radius 3 is 2.50 bits per heavy atom. The lowest BCUT2D eigenvalue weighted by atomic mass is 10.1. The second-order valence-electron chi connectivity index (χ2n) is 4.49. The number of unbranched alkanes of at least 4 members (excludes halogenated alkanes) is 1. The summed E-state index contributed by atoms with van der Waals surface area (Å²) < 4.78 is 0. The number of piperidine rings is 1. The zero-order valence-corrected chi connectivity index (χ0v) is 10.4. The number of nitrogens with zero attached hydrogens (tertiary/aromatic N) is 1. The van der Waals surface area contributed by atoms with Crippen LogP contribution in [0.2, 0.25) is 0 Å². The van der Waals surface area contributed by atoms with E-state index in [1.54, 1.807) is 0 Å². The van der Waals surface area contributed by atoms with Crippen LogP contribution in [-0.4, -0.2) is 29.8 Å². The summed E-state index contributed by atoms with van der Waals surface area (Å²) in [7, 11) is 0. The maximum absolute atomic E-state index is 4.64. The molecular weight excluding hydrogens is 190 g/mol. The van der Waals surface area contributed by atoms with Gasteiger partial charge in [-0.2, -0.15) is 12.6 Å². The SMILES string of the molecule is CCCCC(S)CCN1CCCCC1. The van der Waals surface area contributed by atoms with Crippen LogP contribution in [0.5, 0.6) is 0 Å². The molecule has 0 aromatic rings. The fraction of sp³-hybridized carbons (Fsp3) is 1.00. The van der Waals surface area contributed by atoms with Gasteiger partial charge in [-0.3, -0.25) is 0 Å². The van der Waals surface area contributed by atoms with Gasteiger partial charge >= 0.3 is 0 Å². The first-order chi connectivity index (χ1) is 6.83. The highest BCUT2D eigenvalue weighted by molar-refractivity contribution is 7.80. The highest BCUT2D eigenvalue weighted by atomic mass is 32.1. The van der Waals surface area contributed by atoms with Crippen molar-refractivity contribution in [3.63, 3.8) is 0 Å². The van der Waals surface area contributed by atoms with Gasteiger partial charge in [0.05, 0.1) is 0 Å². The molecule has 2 heteroatoms. The van der Waals surface area contributed by atoms with Crippen LogP contribution in [-0.2, 0) is 0 Å². The van der Waals surface area contributed by atoms with E-state index >= 15 is 0 Å². The van der Waals surface area contributed by atoms with Crippen molar-refractivity contribution >= 4 is 12.6 Å². The van der Waals surface area contributed by atoms with Crippen LogP contribution in [0.3, 0.4) is 0 Å². The lowest BCUT2D eigenvalue weighted by molar-refractivity contribution is 0.225. The summed E-state index contributed by atoms with van der Waals surface area (Å²) in [6.45, 7) is 6.19. The van der Waals surface area contributed by atoms with E-state index in [1.807, 2.05) is 0 Å². The average molecular weight is 215 g/mol. The normalized spacial score (nSPS) is 21.0. The topological polar surface area (TPSA) is 3.24 Å². The second-order valence-corrected chi connectivity index (χ2v) is 5.22. The lowest BCUT2D eigenvalue weighted by Crippen LogP contribution is -2.31. The zero-order valence-electron chi connectivity index (χ0n) is 9.54. The van der Waals surface area contributed by atoms with Crippen LogP contribution in [0.1, 0.15) is 51.9 Å². The Hall–Kier alpha value is 0.310. The third-order valence-corrected chi connectivity index (χ3v) is 3.63. The molecule has 0 aromatic carbocycles. The largest absolute Gasteiger partial charge is 0.303 e. The van der Waals surface area contributed by atoms with Crippen molar-refractivity contribution < 1.29 is 0 Å². The Kier molecular flexibility index (Phi) is 6.70. The van der Waals surface area contributed by atoms with Gasteiger partial charge in [0.25, 0.3) is 0 Å². The van der Waals surface area contributed by atoms with E-state index < -0.39 is 0 Å². The summed E-state index contributed by atoms with van der Waals surface area (Å²) in [5.41, 5.74) is 0. The highest BCUT2D eigenvalue weighted by Gasteiger charge is 2.11. The Morgan fingerprint density at radius 1 is 1.14 bits per heavy atom. The average Bonchev–Trinajstić information content (AvgIpc) is 2.25. The third-order valence-electron chi connectivity index (χ3n) is 3.12. The molecule has 1 heterocycles. The minimum atomic E-state index is 0.636. The number of likely N-dealkylation sites (tertiary alicyclic amines) is 1. The second kappa shape index (κ2) is 7.58. The van der Waals surface area contributed by atoms with E-state index in [0.29, 0.717) is 5.25 Å². The molecule has 14 heavy (non-hydrogen) atoms. The number of hydrogen-bond acceptors (Lipinski definition) is 2. The van der Waals surface area contributed by atoms with E-state index in [9.17, 15) is 0 Å². The first-order valence-electron chi connectivity index (χ1n) is 6.23. The molecule has 0 N–H and O–H groups in total. The molecular formula is C12H25NS. The summed E-state index contributed by atoms with van der Waals surface area (Å²) in [6.07, 6.45) is 9.49. The summed E-state index contributed by atoms with van der Waals surface area (Å²) in [5, 5.41) is 0.636. The molecule has 1 saturated heterocycles. The smallest absolute Gasteiger partial charge is 0.00289 e. The van der Waals surface area contributed by atoms with E-state index in [2.05, 4.69) is 24.5 Å². The molecule has 1 aliphatic rings. The first-order valence-corrected chi connectivity index (χ1v) is 6.75. The van der Waals surface area contributed by atoms with Crippen molar-refractivity contribution in [2.24, 2.45) is 0 Å². The molecule has 1 fully saturated rings. The molecule has 0 bridgehead atoms. The van der Waals surface area contributed by atoms with Gasteiger partial charge in [-0.05, 0) is 45.3 Å². The van der Waals surface area contributed by atoms with Crippen LogP contribution >= 0.6 is 12.6 Å². The van der Waals surface area contributed by atoms with Crippen molar-refractivity contribution in [3.8, 4) is 0 Å². The fourth-order valence-electron chi connectivity index (χ4n) is 2.10. The van der Waals surface area contributed by atoms with Gasteiger partial charge in [-0.15, -0.1) is 0 Å². The Balaban J connectivity index is 2.00. The Labute approximate surface area is 94.7 Å². The molecule has 0 spiro atoms. The third kappa shape index (κ3) is 5.26. The molecule has 1 aliphatic heterocycles. The van der Waals surface area contributed by atoms with Gasteiger partial charge in [-0.25, -0.2) is 0 Å². The van der Waals surface area contributed by atoms with Gasteiger partial charge in [0.2, 0.25) is 0 Å². The number of rotatable bonds is 6. The maximum atomic E-state index is 4.64. The van der Waals surface area contributed by atoms with Crippen LogP contribution in [0.25, 0.3) is 0 Å². The van der Waals surface area contributed by atoms with E-state index in [-0.39, 0.29) is 0 Å². The van der Waals surface area contributed by atoms with Crippen molar-refractivity contribution in [3.05, 3.63) is 0 Å². The fourth-order valence-corrected chi connectivity index (χ4v) is 2.40. The summed E-state index contributed by atoms with van der Waals surface area (Å²) in [4.78, 5) is 2.61. The predicted octanol–water partition coefficient (Wildman–Crippen LogP) is 3.35. The molecule has 0 radical (unpaired) electrons. The van der Waals surface area contributed by atoms with Crippen LogP contribution in [0.15, 0.2) is 0 Å². The summed E-state index contributed by atoms with van der Waals surface area (Å²) in [5.74, 6) is 0. The molecule has 0 aliphatic carbocycles. The predicted molar refractivity (Wildman–Crippen MR) is 67.2 cm³/mol. The molecule has 1 nitrogen and oxygen atoms in total. The van der Waals surface area contributed by atoms with Gasteiger partial charge in [0.15, 0.2) is 0 Å². The number of hydrogen-bond donors (Lipinski definition) is 1. The van der Waals surface area contributed by atoms with Gasteiger partial charge in [-0.1, -0.05) is 26.2 Å². The molecule has 0 amide bonds. The van der Waals surface area contributed by atoms with E-state index in [0.717, 1.165) is 0 Å². The van der Waals surface area contributed by atoms with E-state index in [1.165, 1.54) is 64.6 Å². The quantitative estimate of drug-likeness (QED) is 0.665. The Bertz CT molecular complexity index is 132.